The van der Waals surface area contributed by atoms with Gasteiger partial charge in [-0.15, -0.1) is 0 Å². The minimum Gasteiger partial charge on any atom is -0.481 e. The highest BCUT2D eigenvalue weighted by Gasteiger charge is 2.24. The molecule has 1 rings (SSSR count). The predicted molar refractivity (Wildman–Crippen MR) is 41.8 cm³/mol. The molecule has 0 aromatic heterocycles. The van der Waals surface area contributed by atoms with E-state index in [4.69, 9.17) is 14.6 Å². The first-order valence-electron chi connectivity index (χ1n) is 3.81. The number of esters is 1. The maximum Gasteiger partial charge on any atom is 0.336 e. The molecule has 0 radical (unpaired) electrons. The average molecular weight is 186 g/mol. The van der Waals surface area contributed by atoms with Crippen molar-refractivity contribution in [1.82, 2.24) is 0 Å². The summed E-state index contributed by atoms with van der Waals surface area (Å²) in [5.41, 5.74) is -0.0667. The molecule has 5 heteroatoms. The highest BCUT2D eigenvalue weighted by Crippen LogP contribution is 2.14. The van der Waals surface area contributed by atoms with Crippen molar-refractivity contribution in [3.63, 3.8) is 0 Å². The highest BCUT2D eigenvalue weighted by atomic mass is 16.7. The Morgan fingerprint density at radius 3 is 2.62 bits per heavy atom. The van der Waals surface area contributed by atoms with Crippen LogP contribution in [0, 0.1) is 0 Å². The fourth-order valence-corrected chi connectivity index (χ4v) is 0.764. The molecule has 1 unspecified atom stereocenters. The lowest BCUT2D eigenvalue weighted by Crippen LogP contribution is -2.32. The summed E-state index contributed by atoms with van der Waals surface area (Å²) in [6.07, 6.45) is -0.254. The largest absolute Gasteiger partial charge is 0.481 e. The van der Waals surface area contributed by atoms with Crippen LogP contribution in [-0.4, -0.2) is 29.9 Å². The van der Waals surface area contributed by atoms with Gasteiger partial charge in [-0.05, 0) is 0 Å². The molecule has 1 N–H and O–H groups in total. The normalized spacial score (nSPS) is 20.2. The van der Waals surface area contributed by atoms with Crippen LogP contribution in [0.1, 0.15) is 12.8 Å². The van der Waals surface area contributed by atoms with E-state index in [1.807, 2.05) is 0 Å². The number of carboxylic acid groups (broad SMARTS) is 1. The smallest absolute Gasteiger partial charge is 0.336 e. The van der Waals surface area contributed by atoms with Gasteiger partial charge in [0, 0.05) is 12.0 Å². The molecule has 0 bridgehead atoms. The van der Waals surface area contributed by atoms with Gasteiger partial charge in [0.2, 0.25) is 6.29 Å². The van der Waals surface area contributed by atoms with E-state index in [9.17, 15) is 9.59 Å². The lowest BCUT2D eigenvalue weighted by atomic mass is 10.2. The Morgan fingerprint density at radius 1 is 1.62 bits per heavy atom. The van der Waals surface area contributed by atoms with Gasteiger partial charge in [0.15, 0.2) is 0 Å². The first kappa shape index (κ1) is 9.73. The second-order valence-corrected chi connectivity index (χ2v) is 2.67. The van der Waals surface area contributed by atoms with Gasteiger partial charge in [-0.1, -0.05) is 6.58 Å². The highest BCUT2D eigenvalue weighted by molar-refractivity contribution is 5.92. The number of ether oxygens (including phenoxy) is 2. The fourth-order valence-electron chi connectivity index (χ4n) is 0.764. The van der Waals surface area contributed by atoms with Crippen molar-refractivity contribution in [2.45, 2.75) is 19.1 Å². The van der Waals surface area contributed by atoms with Crippen LogP contribution in [0.15, 0.2) is 12.2 Å². The lowest BCUT2D eigenvalue weighted by Gasteiger charge is -2.25. The third kappa shape index (κ3) is 2.87. The van der Waals surface area contributed by atoms with Crippen molar-refractivity contribution in [3.8, 4) is 0 Å². The summed E-state index contributed by atoms with van der Waals surface area (Å²) in [6, 6.07) is 0. The lowest BCUT2D eigenvalue weighted by molar-refractivity contribution is -0.213. The summed E-state index contributed by atoms with van der Waals surface area (Å²) in [5, 5.41) is 8.34. The SMILES string of the molecule is C=C(CC(=O)O)C(=O)OC1CCO1. The molecule has 72 valence electrons. The molecule has 0 amide bonds. The summed E-state index contributed by atoms with van der Waals surface area (Å²) in [4.78, 5) is 21.2. The topological polar surface area (TPSA) is 72.8 Å². The van der Waals surface area contributed by atoms with Crippen LogP contribution in [0.3, 0.4) is 0 Å². The maximum atomic E-state index is 11.0. The number of carbonyl (C=O) groups excluding carboxylic acids is 1. The minimum absolute atomic E-state index is 0.0667. The van der Waals surface area contributed by atoms with Gasteiger partial charge < -0.3 is 14.6 Å². The zero-order valence-electron chi connectivity index (χ0n) is 6.99. The molecular formula is C8H10O5. The Hall–Kier alpha value is -1.36. The molecule has 0 aromatic carbocycles. The van der Waals surface area contributed by atoms with Crippen molar-refractivity contribution in [2.75, 3.05) is 6.61 Å². The average Bonchev–Trinajstić information content (AvgIpc) is 1.94. The van der Waals surface area contributed by atoms with Gasteiger partial charge in [0.1, 0.15) is 0 Å². The maximum absolute atomic E-state index is 11.0. The molecule has 1 saturated heterocycles. The number of aliphatic carboxylic acids is 1. The summed E-state index contributed by atoms with van der Waals surface area (Å²) < 4.78 is 9.55. The monoisotopic (exact) mass is 186 g/mol. The molecule has 0 aliphatic carbocycles. The predicted octanol–water partition coefficient (Wildman–Crippen LogP) is 0.307. The van der Waals surface area contributed by atoms with E-state index in [2.05, 4.69) is 6.58 Å². The van der Waals surface area contributed by atoms with Crippen LogP contribution in [0.25, 0.3) is 0 Å². The van der Waals surface area contributed by atoms with E-state index in [0.29, 0.717) is 13.0 Å². The standard InChI is InChI=1S/C8H10O5/c1-5(4-6(9)10)8(11)13-7-2-3-12-7/h7H,1-4H2,(H,9,10). The quantitative estimate of drug-likeness (QED) is 0.505. The number of rotatable bonds is 4. The number of carbonyl (C=O) groups is 2. The van der Waals surface area contributed by atoms with Gasteiger partial charge in [0.25, 0.3) is 0 Å². The van der Waals surface area contributed by atoms with E-state index in [-0.39, 0.29) is 5.57 Å². The van der Waals surface area contributed by atoms with Gasteiger partial charge in [-0.25, -0.2) is 4.79 Å². The van der Waals surface area contributed by atoms with Crippen molar-refractivity contribution < 1.29 is 24.2 Å². The molecule has 1 atom stereocenters. The zero-order chi connectivity index (χ0) is 9.84. The fraction of sp³-hybridized carbons (Fsp3) is 0.500. The molecule has 1 heterocycles. The second-order valence-electron chi connectivity index (χ2n) is 2.67. The van der Waals surface area contributed by atoms with Gasteiger partial charge in [0.05, 0.1) is 13.0 Å². The summed E-state index contributed by atoms with van der Waals surface area (Å²) in [5.74, 6) is -1.80. The van der Waals surface area contributed by atoms with Crippen LogP contribution in [-0.2, 0) is 19.1 Å². The number of hydrogen-bond donors (Lipinski definition) is 1. The van der Waals surface area contributed by atoms with E-state index >= 15 is 0 Å². The first-order valence-corrected chi connectivity index (χ1v) is 3.81. The summed E-state index contributed by atoms with van der Waals surface area (Å²) in [7, 11) is 0. The molecule has 1 aliphatic rings. The summed E-state index contributed by atoms with van der Waals surface area (Å²) in [6.45, 7) is 3.87. The van der Waals surface area contributed by atoms with Crippen LogP contribution >= 0.6 is 0 Å². The Kier molecular flexibility index (Phi) is 3.02. The van der Waals surface area contributed by atoms with Crippen LogP contribution in [0.2, 0.25) is 0 Å². The molecule has 5 nitrogen and oxygen atoms in total. The van der Waals surface area contributed by atoms with Crippen LogP contribution in [0.4, 0.5) is 0 Å². The van der Waals surface area contributed by atoms with E-state index in [1.165, 1.54) is 0 Å². The molecule has 1 aliphatic heterocycles. The molecule has 0 aromatic rings. The van der Waals surface area contributed by atoms with E-state index in [1.54, 1.807) is 0 Å². The van der Waals surface area contributed by atoms with Crippen molar-refractivity contribution in [2.24, 2.45) is 0 Å². The molecule has 0 saturated carbocycles. The van der Waals surface area contributed by atoms with Crippen molar-refractivity contribution >= 4 is 11.9 Å². The van der Waals surface area contributed by atoms with Gasteiger partial charge in [-0.3, -0.25) is 4.79 Å². The Bertz CT molecular complexity index is 241. The van der Waals surface area contributed by atoms with E-state index in [0.717, 1.165) is 0 Å². The minimum atomic E-state index is -1.10. The molecule has 0 spiro atoms. The summed E-state index contributed by atoms with van der Waals surface area (Å²) >= 11 is 0. The Labute approximate surface area is 74.9 Å². The van der Waals surface area contributed by atoms with Crippen molar-refractivity contribution in [3.05, 3.63) is 12.2 Å². The number of hydrogen-bond acceptors (Lipinski definition) is 4. The van der Waals surface area contributed by atoms with Crippen LogP contribution in [0.5, 0.6) is 0 Å². The molecule has 1 fully saturated rings. The molecule has 13 heavy (non-hydrogen) atoms. The Morgan fingerprint density at radius 2 is 2.23 bits per heavy atom. The second kappa shape index (κ2) is 4.04. The third-order valence-electron chi connectivity index (χ3n) is 1.55. The Balaban J connectivity index is 2.29. The zero-order valence-corrected chi connectivity index (χ0v) is 6.99. The van der Waals surface area contributed by atoms with Crippen LogP contribution < -0.4 is 0 Å². The molecular weight excluding hydrogens is 176 g/mol. The van der Waals surface area contributed by atoms with Gasteiger partial charge in [-0.2, -0.15) is 0 Å². The van der Waals surface area contributed by atoms with E-state index < -0.39 is 24.6 Å². The first-order chi connectivity index (χ1) is 6.09. The third-order valence-corrected chi connectivity index (χ3v) is 1.55. The van der Waals surface area contributed by atoms with Gasteiger partial charge >= 0.3 is 11.9 Å². The number of carboxylic acids is 1. The van der Waals surface area contributed by atoms with Crippen molar-refractivity contribution in [1.29, 1.82) is 0 Å².